The van der Waals surface area contributed by atoms with Gasteiger partial charge >= 0.3 is 0 Å². The third kappa shape index (κ3) is 5.44. The number of fused-ring (bicyclic) bond motifs is 2. The van der Waals surface area contributed by atoms with Gasteiger partial charge in [0.15, 0.2) is 11.5 Å². The molecule has 6 rings (SSSR count). The average molecular weight is 613 g/mol. The van der Waals surface area contributed by atoms with Crippen LogP contribution < -0.4 is 24.4 Å². The lowest BCUT2D eigenvalue weighted by Gasteiger charge is -2.36. The second-order valence-corrected chi connectivity index (χ2v) is 11.4. The van der Waals surface area contributed by atoms with Crippen molar-refractivity contribution in [3.63, 3.8) is 0 Å². The number of aromatic nitrogens is 1. The molecule has 0 spiro atoms. The van der Waals surface area contributed by atoms with Crippen molar-refractivity contribution in [1.29, 1.82) is 0 Å². The highest BCUT2D eigenvalue weighted by molar-refractivity contribution is 6.09. The number of nitrogens with one attached hydrogen (secondary N) is 1. The van der Waals surface area contributed by atoms with E-state index in [1.165, 1.54) is 19.1 Å². The maximum atomic E-state index is 14.1. The van der Waals surface area contributed by atoms with Gasteiger partial charge in [-0.3, -0.25) is 14.4 Å². The lowest BCUT2D eigenvalue weighted by molar-refractivity contribution is -0.130. The molecule has 11 heteroatoms. The number of aryl methyl sites for hydroxylation is 1. The largest absolute Gasteiger partial charge is 0.496 e. The second kappa shape index (κ2) is 12.2. The van der Waals surface area contributed by atoms with E-state index in [1.807, 2.05) is 66.2 Å². The number of rotatable bonds is 8. The quantitative estimate of drug-likeness (QED) is 0.314. The second-order valence-electron chi connectivity index (χ2n) is 11.4. The van der Waals surface area contributed by atoms with Crippen molar-refractivity contribution in [3.05, 3.63) is 83.6 Å². The third-order valence-corrected chi connectivity index (χ3v) is 8.67. The number of hydrogen-bond acceptors (Lipinski definition) is 7. The predicted octanol–water partition coefficient (Wildman–Crippen LogP) is 3.05. The number of aliphatic hydroxyl groups excluding tert-OH is 1. The van der Waals surface area contributed by atoms with E-state index in [-0.39, 0.29) is 37.7 Å². The summed E-state index contributed by atoms with van der Waals surface area (Å²) in [6, 6.07) is 16.7. The van der Waals surface area contributed by atoms with E-state index in [0.29, 0.717) is 28.5 Å². The topological polar surface area (TPSA) is 123 Å². The van der Waals surface area contributed by atoms with Gasteiger partial charge in [-0.25, -0.2) is 0 Å². The fourth-order valence-electron chi connectivity index (χ4n) is 6.44. The highest BCUT2D eigenvalue weighted by Gasteiger charge is 2.42. The van der Waals surface area contributed by atoms with Crippen molar-refractivity contribution >= 4 is 34.3 Å². The van der Waals surface area contributed by atoms with Crippen LogP contribution in [0.3, 0.4) is 0 Å². The predicted molar refractivity (Wildman–Crippen MR) is 168 cm³/mol. The summed E-state index contributed by atoms with van der Waals surface area (Å²) in [6.45, 7) is 0.198. The van der Waals surface area contributed by atoms with Crippen molar-refractivity contribution in [2.75, 3.05) is 32.8 Å². The van der Waals surface area contributed by atoms with Gasteiger partial charge in [-0.05, 0) is 23.8 Å². The molecule has 0 bridgehead atoms. The molecular weight excluding hydrogens is 576 g/mol. The molecule has 3 amide bonds. The van der Waals surface area contributed by atoms with Crippen LogP contribution in [-0.4, -0.2) is 78.4 Å². The molecule has 1 saturated heterocycles. The molecule has 1 unspecified atom stereocenters. The Hall–Kier alpha value is -5.03. The number of anilines is 1. The highest BCUT2D eigenvalue weighted by Crippen LogP contribution is 2.39. The molecule has 2 N–H and O–H groups in total. The zero-order valence-electron chi connectivity index (χ0n) is 25.6. The van der Waals surface area contributed by atoms with E-state index in [0.717, 1.165) is 22.0 Å². The number of ether oxygens (including phenoxy) is 3. The van der Waals surface area contributed by atoms with Crippen LogP contribution in [0.15, 0.2) is 66.9 Å². The number of benzene rings is 3. The molecule has 3 aromatic carbocycles. The van der Waals surface area contributed by atoms with Crippen molar-refractivity contribution in [2.45, 2.75) is 37.6 Å². The standard InChI is InChI=1S/C34H36N4O7/c1-36-19-24(23-10-6-7-11-26(23)36)33(41)38-18-22(39)15-28(38)32(40)35-25-13-21-14-30(44-3)31(45-4)16-27(21)37(34(25)42)17-20-9-5-8-12-29(20)43-2/h5-12,14,16,19,22,25,28,39H,13,15,17-18H2,1-4H3,(H,35,40)/t22-,25-,28?/m1/s1. The highest BCUT2D eigenvalue weighted by atomic mass is 16.5. The summed E-state index contributed by atoms with van der Waals surface area (Å²) in [5.74, 6) is 0.427. The first kappa shape index (κ1) is 30.0. The maximum Gasteiger partial charge on any atom is 0.256 e. The number of carbonyl (C=O) groups excluding carboxylic acids is 3. The first-order valence-electron chi connectivity index (χ1n) is 14.8. The number of amides is 3. The Morgan fingerprint density at radius 3 is 2.40 bits per heavy atom. The van der Waals surface area contributed by atoms with Crippen LogP contribution in [0, 0.1) is 0 Å². The first-order valence-corrected chi connectivity index (χ1v) is 14.8. The summed E-state index contributed by atoms with van der Waals surface area (Å²) < 4.78 is 18.5. The molecule has 1 aromatic heterocycles. The molecule has 2 aliphatic rings. The Morgan fingerprint density at radius 1 is 0.956 bits per heavy atom. The van der Waals surface area contributed by atoms with E-state index in [1.54, 1.807) is 24.3 Å². The number of hydrogen-bond donors (Lipinski definition) is 2. The van der Waals surface area contributed by atoms with E-state index in [4.69, 9.17) is 14.2 Å². The Kier molecular flexibility index (Phi) is 8.11. The zero-order chi connectivity index (χ0) is 31.8. The molecule has 0 saturated carbocycles. The Balaban J connectivity index is 1.30. The van der Waals surface area contributed by atoms with Crippen LogP contribution in [0.25, 0.3) is 10.9 Å². The van der Waals surface area contributed by atoms with Crippen molar-refractivity contribution < 1.29 is 33.7 Å². The van der Waals surface area contributed by atoms with Gasteiger partial charge in [0, 0.05) is 55.2 Å². The van der Waals surface area contributed by atoms with E-state index < -0.39 is 24.1 Å². The van der Waals surface area contributed by atoms with Crippen LogP contribution in [0.5, 0.6) is 17.2 Å². The van der Waals surface area contributed by atoms with E-state index >= 15 is 0 Å². The summed E-state index contributed by atoms with van der Waals surface area (Å²) in [4.78, 5) is 44.8. The van der Waals surface area contributed by atoms with Gasteiger partial charge < -0.3 is 39.0 Å². The monoisotopic (exact) mass is 612 g/mol. The number of likely N-dealkylation sites (tertiary alicyclic amines) is 1. The maximum absolute atomic E-state index is 14.1. The van der Waals surface area contributed by atoms with E-state index in [2.05, 4.69) is 5.32 Å². The molecule has 3 atom stereocenters. The fraction of sp³-hybridized carbons (Fsp3) is 0.324. The average Bonchev–Trinajstić information content (AvgIpc) is 3.62. The molecule has 4 aromatic rings. The number of β-amino-alcohol motifs (C(OH)–C–C–N with tert-alkyl or cyclic N) is 1. The number of aliphatic hydroxyl groups is 1. The third-order valence-electron chi connectivity index (χ3n) is 8.67. The van der Waals surface area contributed by atoms with Gasteiger partial charge in [0.25, 0.3) is 5.91 Å². The minimum absolute atomic E-state index is 0.0124. The number of methoxy groups -OCH3 is 3. The SMILES string of the molecule is COc1ccccc1CN1C(=O)[C@H](NC(=O)C2C[C@@H](O)CN2C(=O)c2cn(C)c3ccccc23)Cc2cc(OC)c(OC)cc21. The normalized spacial score (nSPS) is 19.4. The molecular formula is C34H36N4O7. The zero-order valence-corrected chi connectivity index (χ0v) is 25.6. The lowest BCUT2D eigenvalue weighted by atomic mass is 9.95. The molecule has 1 fully saturated rings. The molecule has 3 heterocycles. The summed E-state index contributed by atoms with van der Waals surface area (Å²) >= 11 is 0. The fourth-order valence-corrected chi connectivity index (χ4v) is 6.44. The Morgan fingerprint density at radius 2 is 1.64 bits per heavy atom. The van der Waals surface area contributed by atoms with Crippen molar-refractivity contribution in [3.8, 4) is 17.2 Å². The Labute approximate surface area is 260 Å². The van der Waals surface area contributed by atoms with E-state index in [9.17, 15) is 19.5 Å². The van der Waals surface area contributed by atoms with Crippen molar-refractivity contribution in [1.82, 2.24) is 14.8 Å². The molecule has 234 valence electrons. The van der Waals surface area contributed by atoms with Crippen molar-refractivity contribution in [2.24, 2.45) is 7.05 Å². The van der Waals surface area contributed by atoms with Crippen LogP contribution >= 0.6 is 0 Å². The smallest absolute Gasteiger partial charge is 0.256 e. The summed E-state index contributed by atoms with van der Waals surface area (Å²) in [7, 11) is 6.50. The number of para-hydroxylation sites is 2. The van der Waals surface area contributed by atoms with Gasteiger partial charge in [-0.15, -0.1) is 0 Å². The number of carbonyl (C=O) groups is 3. The van der Waals surface area contributed by atoms with Crippen LogP contribution in [-0.2, 0) is 29.6 Å². The summed E-state index contributed by atoms with van der Waals surface area (Å²) in [5.41, 5.74) is 3.54. The van der Waals surface area contributed by atoms with Gasteiger partial charge in [0.2, 0.25) is 11.8 Å². The van der Waals surface area contributed by atoms with Gasteiger partial charge in [-0.1, -0.05) is 36.4 Å². The lowest BCUT2D eigenvalue weighted by Crippen LogP contribution is -2.56. The molecule has 0 aliphatic carbocycles. The van der Waals surface area contributed by atoms with Crippen LogP contribution in [0.2, 0.25) is 0 Å². The summed E-state index contributed by atoms with van der Waals surface area (Å²) in [5, 5.41) is 14.3. The van der Waals surface area contributed by atoms with Gasteiger partial charge in [-0.2, -0.15) is 0 Å². The van der Waals surface area contributed by atoms with Gasteiger partial charge in [0.1, 0.15) is 17.8 Å². The van der Waals surface area contributed by atoms with Crippen LogP contribution in [0.1, 0.15) is 27.9 Å². The minimum Gasteiger partial charge on any atom is -0.496 e. The van der Waals surface area contributed by atoms with Gasteiger partial charge in [0.05, 0.1) is 45.2 Å². The Bertz CT molecular complexity index is 1780. The summed E-state index contributed by atoms with van der Waals surface area (Å²) in [6.07, 6.45) is 1.14. The van der Waals surface area contributed by atoms with Crippen LogP contribution in [0.4, 0.5) is 5.69 Å². The molecule has 45 heavy (non-hydrogen) atoms. The minimum atomic E-state index is -0.950. The molecule has 0 radical (unpaired) electrons. The molecule has 2 aliphatic heterocycles. The number of nitrogens with zero attached hydrogens (tertiary/aromatic N) is 3. The first-order chi connectivity index (χ1) is 21.7. The molecule has 11 nitrogen and oxygen atoms in total.